The normalized spacial score (nSPS) is 10.8. The Labute approximate surface area is 82.5 Å². The summed E-state index contributed by atoms with van der Waals surface area (Å²) in [5.74, 6) is 0. The molecule has 4 heteroatoms. The first-order chi connectivity index (χ1) is 5.83. The summed E-state index contributed by atoms with van der Waals surface area (Å²) in [6.07, 6.45) is 3.65. The zero-order valence-electron chi connectivity index (χ0n) is 6.25. The molecule has 12 heavy (non-hydrogen) atoms. The molecule has 0 aliphatic rings. The van der Waals surface area contributed by atoms with Gasteiger partial charge in [-0.2, -0.15) is 0 Å². The monoisotopic (exact) mass is 242 g/mol. The van der Waals surface area contributed by atoms with Crippen LogP contribution in [0.2, 0.25) is 0 Å². The molecule has 2 rings (SSSR count). The largest absolute Gasteiger partial charge is 0.326 e. The first-order valence-corrected chi connectivity index (χ1v) is 5.15. The maximum Gasteiger partial charge on any atom is 0.0421 e. The van der Waals surface area contributed by atoms with Crippen molar-refractivity contribution in [3.63, 3.8) is 0 Å². The van der Waals surface area contributed by atoms with Gasteiger partial charge in [0, 0.05) is 38.4 Å². The van der Waals surface area contributed by atoms with Gasteiger partial charge in [-0.15, -0.1) is 11.3 Å². The highest BCUT2D eigenvalue weighted by Gasteiger charge is 2.06. The van der Waals surface area contributed by atoms with Crippen LogP contribution in [-0.2, 0) is 6.54 Å². The van der Waals surface area contributed by atoms with Gasteiger partial charge >= 0.3 is 0 Å². The molecule has 0 bridgehead atoms. The lowest BCUT2D eigenvalue weighted by Gasteiger charge is -1.89. The lowest BCUT2D eigenvalue weighted by molar-refractivity contribution is 1.10. The molecule has 0 fully saturated rings. The maximum absolute atomic E-state index is 5.57. The molecular weight excluding hydrogens is 236 g/mol. The molecule has 2 heterocycles. The topological polar surface area (TPSA) is 38.9 Å². The molecule has 0 saturated carbocycles. The van der Waals surface area contributed by atoms with Crippen LogP contribution < -0.4 is 5.73 Å². The quantitative estimate of drug-likeness (QED) is 0.835. The molecule has 2 N–H and O–H groups in total. The van der Waals surface area contributed by atoms with Gasteiger partial charge in [0.2, 0.25) is 0 Å². The van der Waals surface area contributed by atoms with E-state index >= 15 is 0 Å². The molecule has 0 aromatic carbocycles. The minimum Gasteiger partial charge on any atom is -0.326 e. The Morgan fingerprint density at radius 3 is 3.08 bits per heavy atom. The fourth-order valence-corrected chi connectivity index (χ4v) is 2.89. The molecule has 0 unspecified atom stereocenters. The van der Waals surface area contributed by atoms with Crippen LogP contribution in [0.4, 0.5) is 0 Å². The van der Waals surface area contributed by atoms with Crippen molar-refractivity contribution in [1.29, 1.82) is 0 Å². The van der Waals surface area contributed by atoms with Gasteiger partial charge in [0.05, 0.1) is 0 Å². The van der Waals surface area contributed by atoms with E-state index in [9.17, 15) is 0 Å². The smallest absolute Gasteiger partial charge is 0.0421 e. The third-order valence-corrected chi connectivity index (χ3v) is 4.04. The molecule has 62 valence electrons. The summed E-state index contributed by atoms with van der Waals surface area (Å²) >= 11 is 5.21. The lowest BCUT2D eigenvalue weighted by atomic mass is 10.3. The number of aromatic nitrogens is 1. The Balaban J connectivity index is 2.78. The Bertz CT molecular complexity index is 410. The highest BCUT2D eigenvalue weighted by atomic mass is 79.9. The Hall–Kier alpha value is -0.450. The van der Waals surface area contributed by atoms with Crippen LogP contribution in [0.3, 0.4) is 0 Å². The summed E-state index contributed by atoms with van der Waals surface area (Å²) in [4.78, 5) is 5.24. The number of nitrogens with two attached hydrogens (primary N) is 1. The van der Waals surface area contributed by atoms with Crippen LogP contribution in [0.5, 0.6) is 0 Å². The molecular formula is C8H7BrN2S. The number of hydrogen-bond acceptors (Lipinski definition) is 3. The van der Waals surface area contributed by atoms with Crippen molar-refractivity contribution in [3.05, 3.63) is 27.8 Å². The minimum absolute atomic E-state index is 0.583. The molecule has 2 aromatic heterocycles. The highest BCUT2D eigenvalue weighted by molar-refractivity contribution is 9.10. The van der Waals surface area contributed by atoms with Crippen molar-refractivity contribution >= 4 is 37.4 Å². The van der Waals surface area contributed by atoms with E-state index in [1.54, 1.807) is 17.5 Å². The average molecular weight is 243 g/mol. The van der Waals surface area contributed by atoms with Gasteiger partial charge in [-0.25, -0.2) is 0 Å². The van der Waals surface area contributed by atoms with E-state index in [1.807, 2.05) is 12.3 Å². The van der Waals surface area contributed by atoms with Crippen molar-refractivity contribution < 1.29 is 0 Å². The van der Waals surface area contributed by atoms with Gasteiger partial charge in [-0.05, 0) is 22.0 Å². The predicted octanol–water partition coefficient (Wildman–Crippen LogP) is 2.52. The zero-order valence-corrected chi connectivity index (χ0v) is 8.65. The van der Waals surface area contributed by atoms with E-state index in [0.29, 0.717) is 6.54 Å². The summed E-state index contributed by atoms with van der Waals surface area (Å²) < 4.78 is 2.33. The molecule has 0 aliphatic carbocycles. The predicted molar refractivity (Wildman–Crippen MR) is 55.2 cm³/mol. The maximum atomic E-state index is 5.57. The molecule has 0 saturated heterocycles. The van der Waals surface area contributed by atoms with Gasteiger partial charge in [0.25, 0.3) is 0 Å². The van der Waals surface area contributed by atoms with Crippen LogP contribution in [0.1, 0.15) is 4.88 Å². The van der Waals surface area contributed by atoms with Crippen LogP contribution in [0.15, 0.2) is 22.9 Å². The van der Waals surface area contributed by atoms with Gasteiger partial charge in [0.1, 0.15) is 0 Å². The van der Waals surface area contributed by atoms with Crippen molar-refractivity contribution in [3.8, 4) is 0 Å². The lowest BCUT2D eigenvalue weighted by Crippen LogP contribution is -1.92. The number of hydrogen-bond donors (Lipinski definition) is 1. The van der Waals surface area contributed by atoms with Crippen molar-refractivity contribution in [1.82, 2.24) is 4.98 Å². The Morgan fingerprint density at radius 1 is 1.58 bits per heavy atom. The molecule has 0 amide bonds. The van der Waals surface area contributed by atoms with E-state index in [-0.39, 0.29) is 0 Å². The fraction of sp³-hybridized carbons (Fsp3) is 0.125. The van der Waals surface area contributed by atoms with Gasteiger partial charge in [-0.3, -0.25) is 4.98 Å². The first kappa shape index (κ1) is 8.16. The third-order valence-electron chi connectivity index (χ3n) is 1.68. The highest BCUT2D eigenvalue weighted by Crippen LogP contribution is 2.34. The van der Waals surface area contributed by atoms with E-state index in [0.717, 1.165) is 9.86 Å². The molecule has 2 nitrogen and oxygen atoms in total. The molecule has 2 aromatic rings. The summed E-state index contributed by atoms with van der Waals surface area (Å²) in [6, 6.07) is 2.00. The number of nitrogens with zero attached hydrogens (tertiary/aromatic N) is 1. The summed E-state index contributed by atoms with van der Waals surface area (Å²) in [7, 11) is 0. The van der Waals surface area contributed by atoms with E-state index < -0.39 is 0 Å². The van der Waals surface area contributed by atoms with Gasteiger partial charge in [0.15, 0.2) is 0 Å². The molecule has 0 radical (unpaired) electrons. The van der Waals surface area contributed by atoms with Crippen LogP contribution in [0.25, 0.3) is 10.1 Å². The van der Waals surface area contributed by atoms with Crippen molar-refractivity contribution in [2.45, 2.75) is 6.54 Å². The summed E-state index contributed by atoms with van der Waals surface area (Å²) in [5.41, 5.74) is 5.57. The summed E-state index contributed by atoms with van der Waals surface area (Å²) in [6.45, 7) is 0.583. The van der Waals surface area contributed by atoms with E-state index in [2.05, 4.69) is 20.9 Å². The van der Waals surface area contributed by atoms with Crippen LogP contribution in [0, 0.1) is 0 Å². The second-order valence-corrected chi connectivity index (χ2v) is 4.34. The Morgan fingerprint density at radius 2 is 2.42 bits per heavy atom. The SMILES string of the molecule is NCc1sc2ccncc2c1Br. The number of thiophene rings is 1. The zero-order chi connectivity index (χ0) is 8.55. The summed E-state index contributed by atoms with van der Waals surface area (Å²) in [5, 5.41) is 1.16. The molecule has 0 spiro atoms. The number of fused-ring (bicyclic) bond motifs is 1. The number of halogens is 1. The molecule has 0 aliphatic heterocycles. The fourth-order valence-electron chi connectivity index (χ4n) is 1.09. The van der Waals surface area contributed by atoms with Crippen LogP contribution >= 0.6 is 27.3 Å². The second kappa shape index (κ2) is 3.12. The molecule has 0 atom stereocenters. The van der Waals surface area contributed by atoms with Crippen LogP contribution in [-0.4, -0.2) is 4.98 Å². The number of pyridine rings is 1. The standard InChI is InChI=1S/C8H7BrN2S/c9-8-5-4-11-2-1-6(5)12-7(8)3-10/h1-2,4H,3,10H2. The second-order valence-electron chi connectivity index (χ2n) is 2.42. The van der Waals surface area contributed by atoms with E-state index in [1.165, 1.54) is 9.58 Å². The number of rotatable bonds is 1. The third kappa shape index (κ3) is 1.16. The van der Waals surface area contributed by atoms with Gasteiger partial charge < -0.3 is 5.73 Å². The average Bonchev–Trinajstić information content (AvgIpc) is 2.44. The minimum atomic E-state index is 0.583. The van der Waals surface area contributed by atoms with Gasteiger partial charge in [-0.1, -0.05) is 0 Å². The van der Waals surface area contributed by atoms with Crippen molar-refractivity contribution in [2.24, 2.45) is 5.73 Å². The van der Waals surface area contributed by atoms with E-state index in [4.69, 9.17) is 5.73 Å². The van der Waals surface area contributed by atoms with Crippen molar-refractivity contribution in [2.75, 3.05) is 0 Å². The Kier molecular flexibility index (Phi) is 2.12. The first-order valence-electron chi connectivity index (χ1n) is 3.54.